The van der Waals surface area contributed by atoms with Gasteiger partial charge in [-0.25, -0.2) is 8.42 Å². The molecular weight excluding hydrogens is 305 g/mol. The van der Waals surface area contributed by atoms with Gasteiger partial charge >= 0.3 is 6.18 Å². The highest BCUT2D eigenvalue weighted by Crippen LogP contribution is 2.30. The van der Waals surface area contributed by atoms with Gasteiger partial charge < -0.3 is 5.73 Å². The van der Waals surface area contributed by atoms with Gasteiger partial charge in [0, 0.05) is 19.1 Å². The minimum Gasteiger partial charge on any atom is -0.329 e. The van der Waals surface area contributed by atoms with Gasteiger partial charge in [-0.2, -0.15) is 17.5 Å². The highest BCUT2D eigenvalue weighted by Gasteiger charge is 2.34. The smallest absolute Gasteiger partial charge is 0.329 e. The molecule has 1 aromatic carbocycles. The topological polar surface area (TPSA) is 63.4 Å². The number of sulfonamides is 1. The molecule has 0 saturated carbocycles. The number of hydrogen-bond donors (Lipinski definition) is 1. The molecule has 0 amide bonds. The van der Waals surface area contributed by atoms with Gasteiger partial charge in [0.05, 0.1) is 11.3 Å². The van der Waals surface area contributed by atoms with Crippen LogP contribution in [-0.4, -0.2) is 31.9 Å². The van der Waals surface area contributed by atoms with Crippen LogP contribution in [0.25, 0.3) is 0 Å². The molecular formula is C13H17F3N2O2S. The molecule has 1 heterocycles. The minimum atomic E-state index is -4.48. The van der Waals surface area contributed by atoms with Crippen LogP contribution in [0.4, 0.5) is 13.2 Å². The summed E-state index contributed by atoms with van der Waals surface area (Å²) in [5.41, 5.74) is 4.83. The van der Waals surface area contributed by atoms with E-state index in [0.717, 1.165) is 18.6 Å². The Labute approximate surface area is 121 Å². The molecule has 21 heavy (non-hydrogen) atoms. The van der Waals surface area contributed by atoms with E-state index >= 15 is 0 Å². The number of nitrogens with two attached hydrogens (primary N) is 1. The van der Waals surface area contributed by atoms with Crippen molar-refractivity contribution in [3.63, 3.8) is 0 Å². The molecule has 0 spiro atoms. The van der Waals surface area contributed by atoms with Gasteiger partial charge in [-0.1, -0.05) is 18.2 Å². The van der Waals surface area contributed by atoms with Gasteiger partial charge in [-0.05, 0) is 24.5 Å². The zero-order chi connectivity index (χ0) is 15.7. The van der Waals surface area contributed by atoms with Gasteiger partial charge in [0.15, 0.2) is 0 Å². The molecule has 1 saturated heterocycles. The van der Waals surface area contributed by atoms with Crippen molar-refractivity contribution < 1.29 is 21.6 Å². The quantitative estimate of drug-likeness (QED) is 0.922. The van der Waals surface area contributed by atoms with Crippen LogP contribution in [0.5, 0.6) is 0 Å². The predicted molar refractivity (Wildman–Crippen MR) is 72.9 cm³/mol. The van der Waals surface area contributed by atoms with Gasteiger partial charge in [0.25, 0.3) is 0 Å². The number of rotatable bonds is 4. The van der Waals surface area contributed by atoms with Crippen molar-refractivity contribution in [1.82, 2.24) is 4.31 Å². The van der Waals surface area contributed by atoms with Crippen molar-refractivity contribution in [3.05, 3.63) is 35.4 Å². The second-order valence-electron chi connectivity index (χ2n) is 5.10. The van der Waals surface area contributed by atoms with Gasteiger partial charge in [-0.15, -0.1) is 0 Å². The van der Waals surface area contributed by atoms with Crippen LogP contribution in [-0.2, 0) is 22.0 Å². The zero-order valence-corrected chi connectivity index (χ0v) is 12.1. The molecule has 0 aliphatic carbocycles. The van der Waals surface area contributed by atoms with E-state index in [1.807, 2.05) is 0 Å². The lowest BCUT2D eigenvalue weighted by Gasteiger charge is -2.23. The van der Waals surface area contributed by atoms with Crippen molar-refractivity contribution in [3.8, 4) is 0 Å². The van der Waals surface area contributed by atoms with E-state index in [4.69, 9.17) is 5.73 Å². The first-order valence-corrected chi connectivity index (χ1v) is 8.20. The summed E-state index contributed by atoms with van der Waals surface area (Å²) in [7, 11) is -3.65. The standard InChI is InChI=1S/C13H17F3N2O2S/c14-13(15,16)11-4-1-3-10(7-11)9-21(19,20)18-6-2-5-12(18)8-17/h1,3-4,7,12H,2,5-6,8-9,17H2/t12-/m0/s1. The predicted octanol–water partition coefficient (Wildman–Crippen LogP) is 1.96. The third kappa shape index (κ3) is 3.75. The Balaban J connectivity index is 2.21. The molecule has 0 radical (unpaired) electrons. The third-order valence-corrected chi connectivity index (χ3v) is 5.45. The zero-order valence-electron chi connectivity index (χ0n) is 11.3. The maximum Gasteiger partial charge on any atom is 0.416 e. The maximum atomic E-state index is 12.6. The monoisotopic (exact) mass is 322 g/mol. The van der Waals surface area contributed by atoms with Crippen LogP contribution in [0.3, 0.4) is 0 Å². The summed E-state index contributed by atoms with van der Waals surface area (Å²) in [6.07, 6.45) is -3.06. The fourth-order valence-corrected chi connectivity index (χ4v) is 4.36. The van der Waals surface area contributed by atoms with Crippen LogP contribution >= 0.6 is 0 Å². The number of nitrogens with zero attached hydrogens (tertiary/aromatic N) is 1. The Bertz CT molecular complexity index is 602. The van der Waals surface area contributed by atoms with Crippen molar-refractivity contribution in [2.24, 2.45) is 5.73 Å². The molecule has 2 N–H and O–H groups in total. The first kappa shape index (κ1) is 16.3. The lowest BCUT2D eigenvalue weighted by Crippen LogP contribution is -2.40. The van der Waals surface area contributed by atoms with E-state index in [1.165, 1.54) is 16.4 Å². The lowest BCUT2D eigenvalue weighted by atomic mass is 10.1. The van der Waals surface area contributed by atoms with E-state index in [-0.39, 0.29) is 18.2 Å². The van der Waals surface area contributed by atoms with Crippen LogP contribution < -0.4 is 5.73 Å². The second-order valence-corrected chi connectivity index (χ2v) is 7.02. The van der Waals surface area contributed by atoms with Crippen LogP contribution in [0.2, 0.25) is 0 Å². The molecule has 1 aliphatic rings. The molecule has 1 aromatic rings. The van der Waals surface area contributed by atoms with Crippen molar-refractivity contribution in [2.75, 3.05) is 13.1 Å². The van der Waals surface area contributed by atoms with Crippen LogP contribution in [0.15, 0.2) is 24.3 Å². The largest absolute Gasteiger partial charge is 0.416 e. The minimum absolute atomic E-state index is 0.132. The summed E-state index contributed by atoms with van der Waals surface area (Å²) in [6, 6.07) is 4.17. The Morgan fingerprint density at radius 3 is 2.67 bits per heavy atom. The molecule has 8 heteroatoms. The second kappa shape index (κ2) is 5.94. The van der Waals surface area contributed by atoms with Crippen molar-refractivity contribution in [2.45, 2.75) is 30.8 Å². The van der Waals surface area contributed by atoms with E-state index in [0.29, 0.717) is 13.0 Å². The fraction of sp³-hybridized carbons (Fsp3) is 0.538. The number of halogens is 3. The molecule has 0 bridgehead atoms. The Kier molecular flexibility index (Phi) is 4.60. The first-order valence-electron chi connectivity index (χ1n) is 6.60. The Morgan fingerprint density at radius 1 is 1.33 bits per heavy atom. The average Bonchev–Trinajstić information content (AvgIpc) is 2.86. The molecule has 118 valence electrons. The molecule has 1 atom stereocenters. The van der Waals surface area contributed by atoms with Gasteiger partial charge in [0.2, 0.25) is 10.0 Å². The maximum absolute atomic E-state index is 12.6. The van der Waals surface area contributed by atoms with Crippen molar-refractivity contribution >= 4 is 10.0 Å². The summed E-state index contributed by atoms with van der Waals surface area (Å²) in [5.74, 6) is -0.437. The first-order chi connectivity index (χ1) is 9.74. The normalized spacial score (nSPS) is 20.9. The highest BCUT2D eigenvalue weighted by molar-refractivity contribution is 7.88. The van der Waals surface area contributed by atoms with E-state index in [1.54, 1.807) is 0 Å². The number of benzene rings is 1. The number of hydrogen-bond acceptors (Lipinski definition) is 3. The summed E-state index contributed by atoms with van der Waals surface area (Å²) < 4.78 is 63.9. The van der Waals surface area contributed by atoms with E-state index < -0.39 is 27.5 Å². The summed E-state index contributed by atoms with van der Waals surface area (Å²) in [6.45, 7) is 0.602. The average molecular weight is 322 g/mol. The van der Waals surface area contributed by atoms with Gasteiger partial charge in [0.1, 0.15) is 0 Å². The van der Waals surface area contributed by atoms with Crippen LogP contribution in [0, 0.1) is 0 Å². The number of alkyl halides is 3. The fourth-order valence-electron chi connectivity index (χ4n) is 2.54. The third-order valence-electron chi connectivity index (χ3n) is 3.56. The summed E-state index contributed by atoms with van der Waals surface area (Å²) in [5, 5.41) is 0. The molecule has 1 fully saturated rings. The summed E-state index contributed by atoms with van der Waals surface area (Å²) in [4.78, 5) is 0. The van der Waals surface area contributed by atoms with E-state index in [9.17, 15) is 21.6 Å². The van der Waals surface area contributed by atoms with Gasteiger partial charge in [-0.3, -0.25) is 0 Å². The lowest BCUT2D eigenvalue weighted by molar-refractivity contribution is -0.137. The Morgan fingerprint density at radius 2 is 2.05 bits per heavy atom. The molecule has 4 nitrogen and oxygen atoms in total. The SMILES string of the molecule is NC[C@@H]1CCCN1S(=O)(=O)Cc1cccc(C(F)(F)F)c1. The van der Waals surface area contributed by atoms with E-state index in [2.05, 4.69) is 0 Å². The van der Waals surface area contributed by atoms with Crippen LogP contribution in [0.1, 0.15) is 24.0 Å². The molecule has 0 unspecified atom stereocenters. The molecule has 1 aliphatic heterocycles. The summed E-state index contributed by atoms with van der Waals surface area (Å²) >= 11 is 0. The Hall–Kier alpha value is -1.12. The highest BCUT2D eigenvalue weighted by atomic mass is 32.2. The molecule has 2 rings (SSSR count). The molecule has 0 aromatic heterocycles. The van der Waals surface area contributed by atoms with Crippen molar-refractivity contribution in [1.29, 1.82) is 0 Å².